The number of rotatable bonds is 7. The minimum Gasteiger partial charge on any atom is -0.416 e. The number of hydrogen-bond donors (Lipinski definition) is 1. The Labute approximate surface area is 160 Å². The number of aromatic nitrogens is 4. The molecule has 0 amide bonds. The predicted octanol–water partition coefficient (Wildman–Crippen LogP) is 2.61. The highest BCUT2D eigenvalue weighted by molar-refractivity contribution is 7.98. The average molecular weight is 384 g/mol. The SMILES string of the molecule is C=CCn1c(=O)[nH]c(C)c(Cc2nnc(SCc3cccc(C)c3)o2)c1=O. The summed E-state index contributed by atoms with van der Waals surface area (Å²) in [7, 11) is 0. The molecule has 1 aromatic carbocycles. The fourth-order valence-corrected chi connectivity index (χ4v) is 3.41. The van der Waals surface area contributed by atoms with Crippen LogP contribution in [-0.2, 0) is 18.7 Å². The first-order chi connectivity index (χ1) is 13.0. The first-order valence-corrected chi connectivity index (χ1v) is 9.40. The average Bonchev–Trinajstić information content (AvgIpc) is 3.08. The topological polar surface area (TPSA) is 93.8 Å². The van der Waals surface area contributed by atoms with E-state index in [1.165, 1.54) is 29.0 Å². The van der Waals surface area contributed by atoms with E-state index in [1.54, 1.807) is 6.92 Å². The molecule has 1 N–H and O–H groups in total. The van der Waals surface area contributed by atoms with Crippen molar-refractivity contribution in [1.82, 2.24) is 19.7 Å². The Balaban J connectivity index is 1.76. The Bertz CT molecular complexity index is 1080. The molecule has 2 aromatic heterocycles. The lowest BCUT2D eigenvalue weighted by Gasteiger charge is -2.06. The van der Waals surface area contributed by atoms with Crippen LogP contribution in [0.2, 0.25) is 0 Å². The third-order valence-corrected chi connectivity index (χ3v) is 4.92. The quantitative estimate of drug-likeness (QED) is 0.497. The van der Waals surface area contributed by atoms with Gasteiger partial charge in [0.05, 0.1) is 6.42 Å². The van der Waals surface area contributed by atoms with Gasteiger partial charge in [-0.1, -0.05) is 47.7 Å². The third-order valence-electron chi connectivity index (χ3n) is 4.03. The number of aromatic amines is 1. The molecule has 7 nitrogen and oxygen atoms in total. The molecule has 0 bridgehead atoms. The fraction of sp³-hybridized carbons (Fsp3) is 0.263. The number of hydrogen-bond acceptors (Lipinski definition) is 6. The van der Waals surface area contributed by atoms with Crippen molar-refractivity contribution in [2.24, 2.45) is 0 Å². The molecule has 0 saturated carbocycles. The van der Waals surface area contributed by atoms with Gasteiger partial charge in [-0.05, 0) is 19.4 Å². The van der Waals surface area contributed by atoms with Crippen LogP contribution in [-0.4, -0.2) is 19.7 Å². The number of thioether (sulfide) groups is 1. The van der Waals surface area contributed by atoms with Gasteiger partial charge in [-0.15, -0.1) is 16.8 Å². The van der Waals surface area contributed by atoms with E-state index in [2.05, 4.69) is 27.8 Å². The standard InChI is InChI=1S/C19H20N4O3S/c1-4-8-23-17(24)15(13(3)20-18(23)25)10-16-21-22-19(26-16)27-11-14-7-5-6-12(2)9-14/h4-7,9H,1,8,10-11H2,2-3H3,(H,20,25). The van der Waals surface area contributed by atoms with Crippen molar-refractivity contribution in [2.75, 3.05) is 0 Å². The van der Waals surface area contributed by atoms with E-state index < -0.39 is 5.69 Å². The first kappa shape index (κ1) is 18.9. The monoisotopic (exact) mass is 384 g/mol. The highest BCUT2D eigenvalue weighted by atomic mass is 32.2. The number of allylic oxidation sites excluding steroid dienone is 1. The second-order valence-electron chi connectivity index (χ2n) is 6.15. The van der Waals surface area contributed by atoms with E-state index in [1.807, 2.05) is 25.1 Å². The largest absolute Gasteiger partial charge is 0.416 e. The van der Waals surface area contributed by atoms with Gasteiger partial charge >= 0.3 is 5.69 Å². The van der Waals surface area contributed by atoms with Crippen LogP contribution in [0.3, 0.4) is 0 Å². The molecule has 0 unspecified atom stereocenters. The van der Waals surface area contributed by atoms with Crippen LogP contribution >= 0.6 is 11.8 Å². The molecule has 0 atom stereocenters. The van der Waals surface area contributed by atoms with E-state index >= 15 is 0 Å². The molecule has 0 aliphatic rings. The lowest BCUT2D eigenvalue weighted by atomic mass is 10.1. The molecule has 0 fully saturated rings. The summed E-state index contributed by atoms with van der Waals surface area (Å²) < 4.78 is 6.76. The lowest BCUT2D eigenvalue weighted by molar-refractivity contribution is 0.419. The smallest absolute Gasteiger partial charge is 0.328 e. The maximum atomic E-state index is 12.6. The second-order valence-corrected chi connectivity index (χ2v) is 7.08. The summed E-state index contributed by atoms with van der Waals surface area (Å²) in [4.78, 5) is 27.1. The zero-order valence-corrected chi connectivity index (χ0v) is 16.0. The van der Waals surface area contributed by atoms with Crippen molar-refractivity contribution in [3.63, 3.8) is 0 Å². The van der Waals surface area contributed by atoms with Crippen LogP contribution in [0.5, 0.6) is 0 Å². The Kier molecular flexibility index (Phi) is 5.75. The van der Waals surface area contributed by atoms with Gasteiger partial charge < -0.3 is 9.40 Å². The zero-order chi connectivity index (χ0) is 19.4. The second kappa shape index (κ2) is 8.22. The normalized spacial score (nSPS) is 10.9. The van der Waals surface area contributed by atoms with Crippen LogP contribution < -0.4 is 11.2 Å². The Morgan fingerprint density at radius 3 is 2.85 bits per heavy atom. The maximum Gasteiger partial charge on any atom is 0.328 e. The van der Waals surface area contributed by atoms with Crippen LogP contribution in [0.4, 0.5) is 0 Å². The van der Waals surface area contributed by atoms with Crippen LogP contribution in [0.25, 0.3) is 0 Å². The van der Waals surface area contributed by atoms with Gasteiger partial charge in [-0.25, -0.2) is 4.79 Å². The maximum absolute atomic E-state index is 12.6. The Morgan fingerprint density at radius 1 is 1.30 bits per heavy atom. The summed E-state index contributed by atoms with van der Waals surface area (Å²) in [5, 5.41) is 8.50. The number of benzene rings is 1. The molecule has 3 aromatic rings. The van der Waals surface area contributed by atoms with E-state index in [0.717, 1.165) is 4.57 Å². The first-order valence-electron chi connectivity index (χ1n) is 8.42. The van der Waals surface area contributed by atoms with Crippen molar-refractivity contribution in [1.29, 1.82) is 0 Å². The van der Waals surface area contributed by atoms with Crippen molar-refractivity contribution < 1.29 is 4.42 Å². The highest BCUT2D eigenvalue weighted by Gasteiger charge is 2.15. The molecular formula is C19H20N4O3S. The lowest BCUT2D eigenvalue weighted by Crippen LogP contribution is -2.37. The van der Waals surface area contributed by atoms with E-state index in [0.29, 0.717) is 28.1 Å². The van der Waals surface area contributed by atoms with Gasteiger partial charge in [0.1, 0.15) is 0 Å². The number of nitrogens with zero attached hydrogens (tertiary/aromatic N) is 3. The molecule has 27 heavy (non-hydrogen) atoms. The third kappa shape index (κ3) is 4.46. The molecule has 0 radical (unpaired) electrons. The van der Waals surface area contributed by atoms with Crippen molar-refractivity contribution in [2.45, 2.75) is 37.8 Å². The predicted molar refractivity (Wildman–Crippen MR) is 104 cm³/mol. The van der Waals surface area contributed by atoms with Crippen LogP contribution in [0.1, 0.15) is 28.3 Å². The van der Waals surface area contributed by atoms with Gasteiger partial charge in [0.25, 0.3) is 10.8 Å². The number of nitrogens with one attached hydrogen (secondary N) is 1. The van der Waals surface area contributed by atoms with Gasteiger partial charge in [-0.2, -0.15) is 0 Å². The molecule has 0 aliphatic carbocycles. The Morgan fingerprint density at radius 2 is 2.11 bits per heavy atom. The molecule has 0 spiro atoms. The zero-order valence-electron chi connectivity index (χ0n) is 15.2. The van der Waals surface area contributed by atoms with Gasteiger partial charge in [0.15, 0.2) is 0 Å². The van der Waals surface area contributed by atoms with Gasteiger partial charge in [-0.3, -0.25) is 9.36 Å². The number of aryl methyl sites for hydroxylation is 2. The molecule has 3 rings (SSSR count). The van der Waals surface area contributed by atoms with Crippen molar-refractivity contribution >= 4 is 11.8 Å². The summed E-state index contributed by atoms with van der Waals surface area (Å²) in [6, 6.07) is 8.21. The summed E-state index contributed by atoms with van der Waals surface area (Å²) in [5.74, 6) is 1.05. The molecule has 0 saturated heterocycles. The van der Waals surface area contributed by atoms with Crippen molar-refractivity contribution in [3.05, 3.63) is 86.0 Å². The molecule has 2 heterocycles. The molecule has 8 heteroatoms. The van der Waals surface area contributed by atoms with Crippen molar-refractivity contribution in [3.8, 4) is 0 Å². The summed E-state index contributed by atoms with van der Waals surface area (Å²) in [5.41, 5.74) is 2.46. The minimum absolute atomic E-state index is 0.142. The minimum atomic E-state index is -0.457. The van der Waals surface area contributed by atoms with Gasteiger partial charge in [0.2, 0.25) is 5.89 Å². The fourth-order valence-electron chi connectivity index (χ4n) is 2.69. The van der Waals surface area contributed by atoms with Crippen LogP contribution in [0.15, 0.2) is 56.1 Å². The highest BCUT2D eigenvalue weighted by Crippen LogP contribution is 2.22. The molecule has 0 aliphatic heterocycles. The molecule has 140 valence electrons. The van der Waals surface area contributed by atoms with E-state index in [-0.39, 0.29) is 18.5 Å². The van der Waals surface area contributed by atoms with E-state index in [9.17, 15) is 9.59 Å². The summed E-state index contributed by atoms with van der Waals surface area (Å²) in [6.07, 6.45) is 1.67. The molecular weight excluding hydrogens is 364 g/mol. The number of H-pyrrole nitrogens is 1. The summed E-state index contributed by atoms with van der Waals surface area (Å²) >= 11 is 1.44. The van der Waals surface area contributed by atoms with Crippen LogP contribution in [0, 0.1) is 13.8 Å². The van der Waals surface area contributed by atoms with E-state index in [4.69, 9.17) is 4.42 Å². The summed E-state index contributed by atoms with van der Waals surface area (Å²) in [6.45, 7) is 7.44. The van der Waals surface area contributed by atoms with Gasteiger partial charge in [0, 0.05) is 23.6 Å². The Hall–Kier alpha value is -2.87.